The van der Waals surface area contributed by atoms with Gasteiger partial charge in [0.1, 0.15) is 23.9 Å². The van der Waals surface area contributed by atoms with Gasteiger partial charge in [-0.3, -0.25) is 4.79 Å². The first-order valence-corrected chi connectivity index (χ1v) is 15.4. The highest BCUT2D eigenvalue weighted by Crippen LogP contribution is 2.50. The van der Waals surface area contributed by atoms with E-state index in [0.717, 1.165) is 30.4 Å². The molecule has 6 nitrogen and oxygen atoms in total. The standard InChI is InChI=1S/C36H43FO6/c1-5-41-34(38)21-27(18-24-10-11-24)26-8-6-9-29(20-26)42-23-25-12-14-30(31-22-28(40-4)13-15-33(31)37)32(19-25)36(39)35(2,3)16-7-17-43-36/h6,8-9,12-15,19-20,22,24,27,39H,5,7,10-11,16-18,21,23H2,1-4H3/t27-,36?/m1/s1. The summed E-state index contributed by atoms with van der Waals surface area (Å²) in [6.45, 7) is 6.79. The van der Waals surface area contributed by atoms with Crippen LogP contribution in [0.1, 0.15) is 81.9 Å². The summed E-state index contributed by atoms with van der Waals surface area (Å²) >= 11 is 0. The van der Waals surface area contributed by atoms with Crippen LogP contribution in [-0.4, -0.2) is 31.4 Å². The van der Waals surface area contributed by atoms with E-state index in [4.69, 9.17) is 18.9 Å². The molecule has 3 aromatic rings. The minimum absolute atomic E-state index is 0.0821. The molecule has 1 heterocycles. The second kappa shape index (κ2) is 13.1. The largest absolute Gasteiger partial charge is 0.497 e. The van der Waals surface area contributed by atoms with Gasteiger partial charge in [0.25, 0.3) is 0 Å². The number of carbonyl (C=O) groups excluding carboxylic acids is 1. The van der Waals surface area contributed by atoms with Gasteiger partial charge in [0.15, 0.2) is 5.79 Å². The Bertz CT molecular complexity index is 1430. The van der Waals surface area contributed by atoms with E-state index in [9.17, 15) is 9.90 Å². The molecule has 2 aliphatic rings. The number of benzene rings is 3. The molecule has 2 fully saturated rings. The fourth-order valence-corrected chi connectivity index (χ4v) is 6.11. The van der Waals surface area contributed by atoms with Crippen molar-refractivity contribution >= 4 is 5.97 Å². The van der Waals surface area contributed by atoms with Crippen LogP contribution in [0.15, 0.2) is 60.7 Å². The Morgan fingerprint density at radius 2 is 1.88 bits per heavy atom. The highest BCUT2D eigenvalue weighted by Gasteiger charge is 2.49. The van der Waals surface area contributed by atoms with Gasteiger partial charge in [0.2, 0.25) is 0 Å². The Hall–Kier alpha value is -3.42. The van der Waals surface area contributed by atoms with Crippen LogP contribution in [-0.2, 0) is 26.7 Å². The number of halogens is 1. The molecule has 3 aromatic carbocycles. The molecule has 0 spiro atoms. The van der Waals surface area contributed by atoms with Crippen LogP contribution in [0.2, 0.25) is 0 Å². The summed E-state index contributed by atoms with van der Waals surface area (Å²) in [4.78, 5) is 12.3. The molecule has 1 saturated heterocycles. The Kier molecular flexibility index (Phi) is 9.42. The lowest BCUT2D eigenvalue weighted by atomic mass is 9.72. The SMILES string of the molecule is CCOC(=O)C[C@@H](CC1CC1)c1cccc(OCc2ccc(-c3cc(OC)ccc3F)c(C3(O)OCCCC3(C)C)c2)c1. The van der Waals surface area contributed by atoms with E-state index in [-0.39, 0.29) is 18.5 Å². The number of hydrogen-bond donors (Lipinski definition) is 1. The topological polar surface area (TPSA) is 74.2 Å². The predicted octanol–water partition coefficient (Wildman–Crippen LogP) is 7.90. The molecule has 5 rings (SSSR count). The molecule has 7 heteroatoms. The van der Waals surface area contributed by atoms with Gasteiger partial charge < -0.3 is 24.1 Å². The van der Waals surface area contributed by atoms with Gasteiger partial charge in [0.05, 0.1) is 26.7 Å². The monoisotopic (exact) mass is 590 g/mol. The van der Waals surface area contributed by atoms with Gasteiger partial charge in [-0.1, -0.05) is 51.0 Å². The van der Waals surface area contributed by atoms with Crippen molar-refractivity contribution in [1.29, 1.82) is 0 Å². The molecular weight excluding hydrogens is 547 g/mol. The van der Waals surface area contributed by atoms with Crippen LogP contribution in [0.25, 0.3) is 11.1 Å². The van der Waals surface area contributed by atoms with Gasteiger partial charge >= 0.3 is 5.97 Å². The molecule has 1 N–H and O–H groups in total. The van der Waals surface area contributed by atoms with E-state index in [1.807, 2.05) is 63.2 Å². The van der Waals surface area contributed by atoms with Crippen molar-refractivity contribution in [1.82, 2.24) is 0 Å². The van der Waals surface area contributed by atoms with Crippen LogP contribution in [0.5, 0.6) is 11.5 Å². The number of aliphatic hydroxyl groups is 1. The summed E-state index contributed by atoms with van der Waals surface area (Å²) in [5.74, 6) is -0.261. The summed E-state index contributed by atoms with van der Waals surface area (Å²) in [5, 5.41) is 12.1. The molecule has 230 valence electrons. The molecule has 43 heavy (non-hydrogen) atoms. The quantitative estimate of drug-likeness (QED) is 0.216. The summed E-state index contributed by atoms with van der Waals surface area (Å²) in [6.07, 6.45) is 5.32. The highest BCUT2D eigenvalue weighted by molar-refractivity contribution is 5.71. The van der Waals surface area contributed by atoms with E-state index >= 15 is 4.39 Å². The first kappa shape index (κ1) is 31.0. The van der Waals surface area contributed by atoms with Crippen molar-refractivity contribution in [2.24, 2.45) is 11.3 Å². The van der Waals surface area contributed by atoms with Gasteiger partial charge in [-0.25, -0.2) is 4.39 Å². The summed E-state index contributed by atoms with van der Waals surface area (Å²) in [6, 6.07) is 18.1. The average Bonchev–Trinajstić information content (AvgIpc) is 3.82. The van der Waals surface area contributed by atoms with Gasteiger partial charge in [-0.05, 0) is 91.1 Å². The smallest absolute Gasteiger partial charge is 0.306 e. The minimum atomic E-state index is -1.63. The maximum atomic E-state index is 15.2. The molecule has 0 amide bonds. The zero-order valence-electron chi connectivity index (χ0n) is 25.7. The molecule has 1 unspecified atom stereocenters. The second-order valence-electron chi connectivity index (χ2n) is 12.5. The number of carbonyl (C=O) groups is 1. The average molecular weight is 591 g/mol. The zero-order valence-corrected chi connectivity index (χ0v) is 25.7. The van der Waals surface area contributed by atoms with E-state index in [2.05, 4.69) is 0 Å². The fraction of sp³-hybridized carbons (Fsp3) is 0.472. The third-order valence-corrected chi connectivity index (χ3v) is 8.86. The van der Waals surface area contributed by atoms with Crippen LogP contribution >= 0.6 is 0 Å². The molecule has 0 radical (unpaired) electrons. The van der Waals surface area contributed by atoms with Crippen molar-refractivity contribution in [3.8, 4) is 22.6 Å². The van der Waals surface area contributed by atoms with Crippen molar-refractivity contribution in [3.63, 3.8) is 0 Å². The lowest BCUT2D eigenvalue weighted by Gasteiger charge is -2.47. The molecule has 2 atom stereocenters. The lowest BCUT2D eigenvalue weighted by molar-refractivity contribution is -0.297. The molecule has 1 aliphatic heterocycles. The molecule has 1 aliphatic carbocycles. The van der Waals surface area contributed by atoms with Crippen LogP contribution < -0.4 is 9.47 Å². The number of methoxy groups -OCH3 is 1. The van der Waals surface area contributed by atoms with Gasteiger partial charge in [-0.15, -0.1) is 0 Å². The summed E-state index contributed by atoms with van der Waals surface area (Å²) in [5.41, 5.74) is 2.63. The minimum Gasteiger partial charge on any atom is -0.497 e. The first-order valence-electron chi connectivity index (χ1n) is 15.4. The number of hydrogen-bond acceptors (Lipinski definition) is 6. The van der Waals surface area contributed by atoms with Crippen LogP contribution in [0.3, 0.4) is 0 Å². The lowest BCUT2D eigenvalue weighted by Crippen LogP contribution is -2.48. The number of ether oxygens (including phenoxy) is 4. The molecule has 0 aromatic heterocycles. The Morgan fingerprint density at radius 1 is 1.07 bits per heavy atom. The van der Waals surface area contributed by atoms with E-state index in [0.29, 0.717) is 53.7 Å². The second-order valence-corrected chi connectivity index (χ2v) is 12.5. The van der Waals surface area contributed by atoms with Crippen molar-refractivity contribution < 1.29 is 33.2 Å². The Morgan fingerprint density at radius 3 is 2.60 bits per heavy atom. The van der Waals surface area contributed by atoms with E-state index in [1.165, 1.54) is 18.9 Å². The van der Waals surface area contributed by atoms with Crippen molar-refractivity contribution in [3.05, 3.63) is 83.2 Å². The number of rotatable bonds is 12. The van der Waals surface area contributed by atoms with E-state index < -0.39 is 17.0 Å². The summed E-state index contributed by atoms with van der Waals surface area (Å²) in [7, 11) is 1.54. The van der Waals surface area contributed by atoms with Crippen molar-refractivity contribution in [2.45, 2.75) is 77.6 Å². The molecule has 1 saturated carbocycles. The Labute approximate surface area is 254 Å². The van der Waals surface area contributed by atoms with Gasteiger partial charge in [-0.2, -0.15) is 0 Å². The van der Waals surface area contributed by atoms with Crippen LogP contribution in [0, 0.1) is 17.2 Å². The van der Waals surface area contributed by atoms with E-state index in [1.54, 1.807) is 19.2 Å². The first-order chi connectivity index (χ1) is 20.6. The van der Waals surface area contributed by atoms with Crippen molar-refractivity contribution in [2.75, 3.05) is 20.3 Å². The Balaban J connectivity index is 1.44. The highest BCUT2D eigenvalue weighted by atomic mass is 19.1. The fourth-order valence-electron chi connectivity index (χ4n) is 6.11. The van der Waals surface area contributed by atoms with Gasteiger partial charge in [0, 0.05) is 16.5 Å². The van der Waals surface area contributed by atoms with Crippen LogP contribution in [0.4, 0.5) is 4.39 Å². The molecular formula is C36H43FO6. The maximum absolute atomic E-state index is 15.2. The summed E-state index contributed by atoms with van der Waals surface area (Å²) < 4.78 is 38.2. The third-order valence-electron chi connectivity index (χ3n) is 8.86. The third kappa shape index (κ3) is 7.05. The number of esters is 1. The maximum Gasteiger partial charge on any atom is 0.306 e. The zero-order chi connectivity index (χ0) is 30.6. The predicted molar refractivity (Wildman–Crippen MR) is 163 cm³/mol. The molecule has 0 bridgehead atoms. The normalized spacial score (nSPS) is 20.3.